The Hall–Kier alpha value is -2.54. The summed E-state index contributed by atoms with van der Waals surface area (Å²) >= 11 is 0. The van der Waals surface area contributed by atoms with E-state index in [1.54, 1.807) is 6.07 Å². The summed E-state index contributed by atoms with van der Waals surface area (Å²) in [6.45, 7) is 2.18. The number of aromatic carboxylic acids is 1. The van der Waals surface area contributed by atoms with E-state index in [4.69, 9.17) is 18.7 Å². The summed E-state index contributed by atoms with van der Waals surface area (Å²) in [5, 5.41) is 11.5. The highest BCUT2D eigenvalue weighted by atomic mass is 16.5. The third-order valence-electron chi connectivity index (χ3n) is 3.05. The Balaban J connectivity index is 2.12. The first-order chi connectivity index (χ1) is 10.5. The second kappa shape index (κ2) is 6.95. The van der Waals surface area contributed by atoms with Crippen LogP contribution in [0.3, 0.4) is 0 Å². The number of rotatable bonds is 7. The predicted octanol–water partition coefficient (Wildman–Crippen LogP) is 2.25. The molecule has 0 aromatic carbocycles. The molecule has 1 amide bonds. The molecule has 7 nitrogen and oxygen atoms in total. The highest BCUT2D eigenvalue weighted by Gasteiger charge is 2.21. The molecule has 2 aromatic rings. The van der Waals surface area contributed by atoms with E-state index >= 15 is 0 Å². The number of hydrogen-bond donors (Lipinski definition) is 2. The highest BCUT2D eigenvalue weighted by Crippen LogP contribution is 2.19. The van der Waals surface area contributed by atoms with Crippen LogP contribution in [0.1, 0.15) is 45.6 Å². The van der Waals surface area contributed by atoms with Gasteiger partial charge in [-0.1, -0.05) is 6.92 Å². The van der Waals surface area contributed by atoms with Gasteiger partial charge in [0.2, 0.25) is 5.76 Å². The van der Waals surface area contributed by atoms with Crippen LogP contribution in [0.4, 0.5) is 0 Å². The molecule has 1 atom stereocenters. The number of furan rings is 2. The van der Waals surface area contributed by atoms with Crippen LogP contribution in [0.25, 0.3) is 0 Å². The van der Waals surface area contributed by atoms with E-state index in [0.717, 1.165) is 12.2 Å². The maximum absolute atomic E-state index is 12.1. The van der Waals surface area contributed by atoms with Crippen molar-refractivity contribution in [2.45, 2.75) is 19.4 Å². The summed E-state index contributed by atoms with van der Waals surface area (Å²) in [6, 6.07) is 5.65. The van der Waals surface area contributed by atoms with Gasteiger partial charge in [-0.2, -0.15) is 0 Å². The number of carboxylic acids is 1. The number of amides is 1. The van der Waals surface area contributed by atoms with Crippen LogP contribution in [-0.4, -0.2) is 30.7 Å². The Morgan fingerprint density at radius 2 is 1.95 bits per heavy atom. The van der Waals surface area contributed by atoms with E-state index in [2.05, 4.69) is 5.32 Å². The Kier molecular flexibility index (Phi) is 5.00. The first kappa shape index (κ1) is 15.8. The van der Waals surface area contributed by atoms with E-state index < -0.39 is 17.9 Å². The second-order valence-corrected chi connectivity index (χ2v) is 4.61. The van der Waals surface area contributed by atoms with E-state index in [-0.39, 0.29) is 18.1 Å². The second-order valence-electron chi connectivity index (χ2n) is 4.61. The van der Waals surface area contributed by atoms with Crippen molar-refractivity contribution >= 4 is 11.9 Å². The lowest BCUT2D eigenvalue weighted by atomic mass is 10.2. The Bertz CT molecular complexity index is 657. The summed E-state index contributed by atoms with van der Waals surface area (Å²) in [6.07, 6.45) is 0.744. The maximum Gasteiger partial charge on any atom is 0.371 e. The van der Waals surface area contributed by atoms with Crippen molar-refractivity contribution in [2.24, 2.45) is 0 Å². The smallest absolute Gasteiger partial charge is 0.371 e. The van der Waals surface area contributed by atoms with Gasteiger partial charge < -0.3 is 24.0 Å². The maximum atomic E-state index is 12.1. The Morgan fingerprint density at radius 3 is 2.50 bits per heavy atom. The van der Waals surface area contributed by atoms with Crippen LogP contribution in [0, 0.1) is 0 Å². The fourth-order valence-corrected chi connectivity index (χ4v) is 1.94. The SMILES string of the molecule is CCc1ccc(C(COC)NC(=O)c2ccc(C(=O)O)o2)o1. The fourth-order valence-electron chi connectivity index (χ4n) is 1.94. The third-order valence-corrected chi connectivity index (χ3v) is 3.05. The molecule has 2 heterocycles. The van der Waals surface area contributed by atoms with Crippen molar-refractivity contribution < 1.29 is 28.3 Å². The fraction of sp³-hybridized carbons (Fsp3) is 0.333. The standard InChI is InChI=1S/C15H17NO6/c1-3-9-4-5-11(21-9)10(8-20-2)16-14(17)12-6-7-13(22-12)15(18)19/h4-7,10H,3,8H2,1-2H3,(H,16,17)(H,18,19). The number of nitrogens with one attached hydrogen (secondary N) is 1. The lowest BCUT2D eigenvalue weighted by Crippen LogP contribution is -2.30. The van der Waals surface area contributed by atoms with Crippen LogP contribution in [0.15, 0.2) is 33.1 Å². The summed E-state index contributed by atoms with van der Waals surface area (Å²) in [7, 11) is 1.51. The molecule has 0 radical (unpaired) electrons. The van der Waals surface area contributed by atoms with Gasteiger partial charge in [-0.25, -0.2) is 4.79 Å². The van der Waals surface area contributed by atoms with Gasteiger partial charge in [0, 0.05) is 13.5 Å². The van der Waals surface area contributed by atoms with E-state index in [0.29, 0.717) is 5.76 Å². The van der Waals surface area contributed by atoms with Gasteiger partial charge in [0.15, 0.2) is 5.76 Å². The molecule has 0 aliphatic heterocycles. The third kappa shape index (κ3) is 3.56. The molecule has 2 N–H and O–H groups in total. The molecule has 7 heteroatoms. The van der Waals surface area contributed by atoms with Crippen molar-refractivity contribution in [2.75, 3.05) is 13.7 Å². The molecule has 0 spiro atoms. The first-order valence-corrected chi connectivity index (χ1v) is 6.76. The Labute approximate surface area is 126 Å². The van der Waals surface area contributed by atoms with E-state index in [9.17, 15) is 9.59 Å². The largest absolute Gasteiger partial charge is 0.475 e. The molecular weight excluding hydrogens is 290 g/mol. The van der Waals surface area contributed by atoms with Crippen molar-refractivity contribution in [1.82, 2.24) is 5.32 Å². The van der Waals surface area contributed by atoms with Crippen molar-refractivity contribution in [3.8, 4) is 0 Å². The predicted molar refractivity (Wildman–Crippen MR) is 75.8 cm³/mol. The summed E-state index contributed by atoms with van der Waals surface area (Å²) < 4.78 is 15.7. The van der Waals surface area contributed by atoms with Gasteiger partial charge in [0.1, 0.15) is 17.6 Å². The Morgan fingerprint density at radius 1 is 1.23 bits per heavy atom. The van der Waals surface area contributed by atoms with Gasteiger partial charge in [-0.15, -0.1) is 0 Å². The van der Waals surface area contributed by atoms with Gasteiger partial charge in [-0.05, 0) is 24.3 Å². The molecule has 0 saturated heterocycles. The quantitative estimate of drug-likeness (QED) is 0.813. The van der Waals surface area contributed by atoms with Crippen LogP contribution in [0.2, 0.25) is 0 Å². The lowest BCUT2D eigenvalue weighted by molar-refractivity contribution is 0.0658. The zero-order valence-corrected chi connectivity index (χ0v) is 12.3. The minimum absolute atomic E-state index is 0.0826. The normalized spacial score (nSPS) is 12.1. The van der Waals surface area contributed by atoms with E-state index in [1.165, 1.54) is 19.2 Å². The molecule has 1 unspecified atom stereocenters. The number of carbonyl (C=O) groups excluding carboxylic acids is 1. The first-order valence-electron chi connectivity index (χ1n) is 6.76. The molecule has 22 heavy (non-hydrogen) atoms. The monoisotopic (exact) mass is 307 g/mol. The van der Waals surface area contributed by atoms with Gasteiger partial charge in [-0.3, -0.25) is 4.79 Å². The molecule has 0 bridgehead atoms. The van der Waals surface area contributed by atoms with Crippen LogP contribution in [-0.2, 0) is 11.2 Å². The molecule has 0 saturated carbocycles. The number of methoxy groups -OCH3 is 1. The molecule has 118 valence electrons. The molecule has 0 aliphatic carbocycles. The van der Waals surface area contributed by atoms with Gasteiger partial charge in [0.05, 0.1) is 6.61 Å². The molecule has 0 aliphatic rings. The minimum atomic E-state index is -1.23. The summed E-state index contributed by atoms with van der Waals surface area (Å²) in [5.41, 5.74) is 0. The molecule has 2 aromatic heterocycles. The molecule has 0 fully saturated rings. The number of hydrogen-bond acceptors (Lipinski definition) is 5. The number of aryl methyl sites for hydroxylation is 1. The van der Waals surface area contributed by atoms with Crippen LogP contribution >= 0.6 is 0 Å². The lowest BCUT2D eigenvalue weighted by Gasteiger charge is -2.14. The average molecular weight is 307 g/mol. The van der Waals surface area contributed by atoms with E-state index in [1.807, 2.05) is 13.0 Å². The minimum Gasteiger partial charge on any atom is -0.475 e. The van der Waals surface area contributed by atoms with Crippen LogP contribution in [0.5, 0.6) is 0 Å². The number of carbonyl (C=O) groups is 2. The zero-order valence-electron chi connectivity index (χ0n) is 12.3. The van der Waals surface area contributed by atoms with Crippen molar-refractivity contribution in [3.05, 3.63) is 47.3 Å². The highest BCUT2D eigenvalue weighted by molar-refractivity contribution is 5.93. The number of carboxylic acid groups (broad SMARTS) is 1. The molecule has 2 rings (SSSR count). The summed E-state index contributed by atoms with van der Waals surface area (Å²) in [4.78, 5) is 22.9. The number of ether oxygens (including phenoxy) is 1. The topological polar surface area (TPSA) is 102 Å². The van der Waals surface area contributed by atoms with Crippen molar-refractivity contribution in [1.29, 1.82) is 0 Å². The van der Waals surface area contributed by atoms with Gasteiger partial charge in [0.25, 0.3) is 5.91 Å². The van der Waals surface area contributed by atoms with Crippen LogP contribution < -0.4 is 5.32 Å². The van der Waals surface area contributed by atoms with Gasteiger partial charge >= 0.3 is 5.97 Å². The zero-order chi connectivity index (χ0) is 16.1. The van der Waals surface area contributed by atoms with Crippen molar-refractivity contribution in [3.63, 3.8) is 0 Å². The molecular formula is C15H17NO6. The summed E-state index contributed by atoms with van der Waals surface area (Å²) in [5.74, 6) is -0.774. The average Bonchev–Trinajstić information content (AvgIpc) is 3.16.